The van der Waals surface area contributed by atoms with Crippen LogP contribution in [0.4, 0.5) is 0 Å². The first kappa shape index (κ1) is 5.21. The van der Waals surface area contributed by atoms with Gasteiger partial charge in [-0.05, 0) is 10.7 Å². The van der Waals surface area contributed by atoms with Gasteiger partial charge in [0.15, 0.2) is 0 Å². The van der Waals surface area contributed by atoms with Gasteiger partial charge in [-0.1, -0.05) is 6.82 Å². The van der Waals surface area contributed by atoms with Crippen LogP contribution in [0.25, 0.3) is 0 Å². The van der Waals surface area contributed by atoms with Gasteiger partial charge in [0.1, 0.15) is 0 Å². The summed E-state index contributed by atoms with van der Waals surface area (Å²) in [5.74, 6) is 0. The highest BCUT2D eigenvalue weighted by atomic mass is 32.2. The van der Waals surface area contributed by atoms with Crippen LogP contribution in [0, 0.1) is 0 Å². The van der Waals surface area contributed by atoms with E-state index in [9.17, 15) is 4.21 Å². The molecule has 0 N–H and O–H groups in total. The third kappa shape index (κ3) is 4.21. The van der Waals surface area contributed by atoms with Crippen LogP contribution in [0.5, 0.6) is 0 Å². The van der Waals surface area contributed by atoms with Crippen LogP contribution >= 0.6 is 0 Å². The van der Waals surface area contributed by atoms with E-state index in [0.717, 1.165) is 0 Å². The Balaban J connectivity index is 2.85. The fourth-order valence-corrected chi connectivity index (χ4v) is 0. The molecule has 0 aliphatic carbocycles. The zero-order valence-electron chi connectivity index (χ0n) is 3.39. The minimum absolute atomic E-state index is 0.698. The van der Waals surface area contributed by atoms with E-state index >= 15 is 0 Å². The normalized spacial score (nSPS) is 14.0. The van der Waals surface area contributed by atoms with E-state index < -0.39 is 10.7 Å². The van der Waals surface area contributed by atoms with Crippen molar-refractivity contribution in [2.75, 3.05) is 6.26 Å². The van der Waals surface area contributed by atoms with Crippen LogP contribution in [0.3, 0.4) is 0 Å². The molecule has 0 fully saturated rings. The predicted molar refractivity (Wildman–Crippen MR) is 25.7 cm³/mol. The molecular weight excluding hydrogens is 82.9 g/mol. The van der Waals surface area contributed by atoms with E-state index in [1.165, 1.54) is 0 Å². The molecule has 1 radical (unpaired) electrons. The molecular formula is C2H6BOS. The molecule has 0 rings (SSSR count). The summed E-state index contributed by atoms with van der Waals surface area (Å²) in [6, 6.07) is 0. The molecule has 0 saturated carbocycles. The molecule has 0 heterocycles. The van der Waals surface area contributed by atoms with Crippen molar-refractivity contribution >= 4 is 17.2 Å². The minimum atomic E-state index is -0.698. The molecule has 0 aromatic rings. The summed E-state index contributed by atoms with van der Waals surface area (Å²) in [4.78, 5) is 0. The molecule has 0 amide bonds. The molecule has 0 bridgehead atoms. The van der Waals surface area contributed by atoms with Crippen LogP contribution < -0.4 is 0 Å². The highest BCUT2D eigenvalue weighted by molar-refractivity contribution is 8.09. The van der Waals surface area contributed by atoms with Crippen LogP contribution in [0.2, 0.25) is 6.82 Å². The van der Waals surface area contributed by atoms with Gasteiger partial charge >= 0.3 is 0 Å². The van der Waals surface area contributed by atoms with E-state index in [1.807, 2.05) is 0 Å². The molecule has 29 valence electrons. The Morgan fingerprint density at radius 3 is 2.00 bits per heavy atom. The number of hydrogen-bond acceptors (Lipinski definition) is 1. The molecule has 0 aromatic carbocycles. The highest BCUT2D eigenvalue weighted by Gasteiger charge is 1.77. The molecule has 0 aliphatic rings. The van der Waals surface area contributed by atoms with Gasteiger partial charge in [-0.3, -0.25) is 4.21 Å². The molecule has 5 heavy (non-hydrogen) atoms. The summed E-state index contributed by atoms with van der Waals surface area (Å²) in [6.45, 7) is 3.41. The second-order valence-corrected chi connectivity index (χ2v) is 2.20. The van der Waals surface area contributed by atoms with Crippen molar-refractivity contribution in [2.24, 2.45) is 0 Å². The van der Waals surface area contributed by atoms with Crippen LogP contribution in [0.15, 0.2) is 0 Å². The second kappa shape index (κ2) is 2.45. The van der Waals surface area contributed by atoms with Gasteiger partial charge in [0.2, 0.25) is 6.56 Å². The maximum atomic E-state index is 9.87. The van der Waals surface area contributed by atoms with Crippen molar-refractivity contribution in [2.45, 2.75) is 6.82 Å². The molecule has 0 aromatic heterocycles. The van der Waals surface area contributed by atoms with Crippen molar-refractivity contribution in [1.29, 1.82) is 0 Å². The summed E-state index contributed by atoms with van der Waals surface area (Å²) < 4.78 is 9.87. The monoisotopic (exact) mass is 89.0 g/mol. The predicted octanol–water partition coefficient (Wildman–Crippen LogP) is 0.0322. The second-order valence-electron chi connectivity index (χ2n) is 0.734. The van der Waals surface area contributed by atoms with Gasteiger partial charge in [0.05, 0.1) is 0 Å². The van der Waals surface area contributed by atoms with Crippen molar-refractivity contribution < 1.29 is 4.21 Å². The van der Waals surface area contributed by atoms with E-state index in [-0.39, 0.29) is 0 Å². The standard InChI is InChI=1S/C2H6BOS/c1-3-5(2)4/h1-2H3. The summed E-state index contributed by atoms with van der Waals surface area (Å²) >= 11 is 0. The van der Waals surface area contributed by atoms with Crippen molar-refractivity contribution in [3.05, 3.63) is 0 Å². The van der Waals surface area contributed by atoms with Crippen LogP contribution in [-0.2, 0) is 10.7 Å². The number of hydrogen-bond donors (Lipinski definition) is 0. The lowest BCUT2D eigenvalue weighted by atomic mass is 10.2. The molecule has 0 spiro atoms. The lowest BCUT2D eigenvalue weighted by Crippen LogP contribution is -1.89. The zero-order valence-corrected chi connectivity index (χ0v) is 4.21. The van der Waals surface area contributed by atoms with Gasteiger partial charge in [-0.15, -0.1) is 0 Å². The molecule has 1 unspecified atom stereocenters. The average Bonchev–Trinajstić information content (AvgIpc) is 1.38. The molecule has 0 saturated heterocycles. The molecule has 0 aliphatic heterocycles. The van der Waals surface area contributed by atoms with Crippen LogP contribution in [0.1, 0.15) is 0 Å². The fourth-order valence-electron chi connectivity index (χ4n) is 0. The Kier molecular flexibility index (Phi) is 2.56. The first-order valence-corrected chi connectivity index (χ1v) is 3.01. The maximum Gasteiger partial charge on any atom is 0.234 e. The third-order valence-corrected chi connectivity index (χ3v) is 0.996. The first-order valence-electron chi connectivity index (χ1n) is 1.39. The van der Waals surface area contributed by atoms with E-state index in [1.54, 1.807) is 19.6 Å². The van der Waals surface area contributed by atoms with Gasteiger partial charge in [0, 0.05) is 6.26 Å². The summed E-state index contributed by atoms with van der Waals surface area (Å²) in [5, 5.41) is 0. The molecule has 1 atom stereocenters. The topological polar surface area (TPSA) is 17.1 Å². The Hall–Kier alpha value is 0.215. The van der Waals surface area contributed by atoms with Crippen molar-refractivity contribution in [1.82, 2.24) is 0 Å². The summed E-state index contributed by atoms with van der Waals surface area (Å²) in [7, 11) is -0.698. The average molecular weight is 88.9 g/mol. The van der Waals surface area contributed by atoms with Crippen LogP contribution in [-0.4, -0.2) is 17.0 Å². The quantitative estimate of drug-likeness (QED) is 0.414. The largest absolute Gasteiger partial charge is 0.273 e. The van der Waals surface area contributed by atoms with E-state index in [0.29, 0.717) is 0 Å². The van der Waals surface area contributed by atoms with Gasteiger partial charge in [0.25, 0.3) is 0 Å². The highest BCUT2D eigenvalue weighted by Crippen LogP contribution is 1.60. The van der Waals surface area contributed by atoms with Crippen molar-refractivity contribution in [3.8, 4) is 0 Å². The minimum Gasteiger partial charge on any atom is -0.273 e. The molecule has 1 nitrogen and oxygen atoms in total. The van der Waals surface area contributed by atoms with Crippen molar-refractivity contribution in [3.63, 3.8) is 0 Å². The zero-order chi connectivity index (χ0) is 4.28. The third-order valence-electron chi connectivity index (χ3n) is 0.332. The van der Waals surface area contributed by atoms with Gasteiger partial charge in [-0.25, -0.2) is 0 Å². The first-order chi connectivity index (χ1) is 2.27. The lowest BCUT2D eigenvalue weighted by molar-refractivity contribution is 0.694. The fraction of sp³-hybridized carbons (Fsp3) is 1.00. The lowest BCUT2D eigenvalue weighted by Gasteiger charge is -1.71. The summed E-state index contributed by atoms with van der Waals surface area (Å²) in [6.07, 6.45) is 1.64. The summed E-state index contributed by atoms with van der Waals surface area (Å²) in [5.41, 5.74) is 0. The smallest absolute Gasteiger partial charge is 0.234 e. The number of rotatable bonds is 1. The van der Waals surface area contributed by atoms with Gasteiger partial charge < -0.3 is 0 Å². The van der Waals surface area contributed by atoms with E-state index in [2.05, 4.69) is 0 Å². The molecule has 3 heteroatoms. The van der Waals surface area contributed by atoms with Gasteiger partial charge in [-0.2, -0.15) is 0 Å². The SMILES string of the molecule is C[B]S(C)=O. The Bertz CT molecular complexity index is 44.9. The maximum absolute atomic E-state index is 9.87. The Morgan fingerprint density at radius 2 is 2.00 bits per heavy atom. The Morgan fingerprint density at radius 1 is 1.80 bits per heavy atom. The van der Waals surface area contributed by atoms with E-state index in [4.69, 9.17) is 0 Å². The Labute approximate surface area is 35.4 Å².